The number of carbonyl (C=O) groups is 1. The molecular weight excluding hydrogens is 182 g/mol. The van der Waals surface area contributed by atoms with Crippen molar-refractivity contribution in [2.75, 3.05) is 13.1 Å². The SMILES string of the molecule is O=C(O)c1ncc(C2CCNCC2)[nH]1. The lowest BCUT2D eigenvalue weighted by atomic mass is 9.95. The summed E-state index contributed by atoms with van der Waals surface area (Å²) in [5, 5.41) is 12.0. The molecule has 5 nitrogen and oxygen atoms in total. The summed E-state index contributed by atoms with van der Waals surface area (Å²) in [6.07, 6.45) is 3.72. The van der Waals surface area contributed by atoms with Crippen molar-refractivity contribution in [3.63, 3.8) is 0 Å². The fourth-order valence-corrected chi connectivity index (χ4v) is 1.78. The summed E-state index contributed by atoms with van der Waals surface area (Å²) in [7, 11) is 0. The minimum atomic E-state index is -0.995. The van der Waals surface area contributed by atoms with Gasteiger partial charge in [-0.2, -0.15) is 0 Å². The molecule has 0 atom stereocenters. The Hall–Kier alpha value is -1.36. The molecule has 0 amide bonds. The molecule has 0 bridgehead atoms. The summed E-state index contributed by atoms with van der Waals surface area (Å²) >= 11 is 0. The van der Waals surface area contributed by atoms with Crippen LogP contribution in [0.5, 0.6) is 0 Å². The van der Waals surface area contributed by atoms with Gasteiger partial charge in [-0.1, -0.05) is 0 Å². The van der Waals surface area contributed by atoms with Crippen LogP contribution in [0.25, 0.3) is 0 Å². The predicted octanol–water partition coefficient (Wildman–Crippen LogP) is 0.575. The zero-order valence-electron chi connectivity index (χ0n) is 7.79. The summed E-state index contributed by atoms with van der Waals surface area (Å²) in [4.78, 5) is 17.3. The number of rotatable bonds is 2. The molecule has 1 aromatic rings. The number of aromatic nitrogens is 2. The Kier molecular flexibility index (Phi) is 2.49. The van der Waals surface area contributed by atoms with E-state index in [9.17, 15) is 4.79 Å². The topological polar surface area (TPSA) is 78.0 Å². The Morgan fingerprint density at radius 1 is 1.50 bits per heavy atom. The van der Waals surface area contributed by atoms with Crippen molar-refractivity contribution >= 4 is 5.97 Å². The Morgan fingerprint density at radius 3 is 2.79 bits per heavy atom. The predicted molar refractivity (Wildman–Crippen MR) is 50.4 cm³/mol. The lowest BCUT2D eigenvalue weighted by Gasteiger charge is -2.20. The van der Waals surface area contributed by atoms with Gasteiger partial charge in [0.05, 0.1) is 0 Å². The van der Waals surface area contributed by atoms with Gasteiger partial charge in [0.1, 0.15) is 0 Å². The van der Waals surface area contributed by atoms with E-state index < -0.39 is 5.97 Å². The van der Waals surface area contributed by atoms with Crippen LogP contribution in [-0.4, -0.2) is 34.1 Å². The molecule has 2 rings (SSSR count). The normalized spacial score (nSPS) is 18.3. The van der Waals surface area contributed by atoms with Crippen LogP contribution in [0, 0.1) is 0 Å². The Bertz CT molecular complexity index is 329. The summed E-state index contributed by atoms with van der Waals surface area (Å²) in [6.45, 7) is 1.98. The highest BCUT2D eigenvalue weighted by Crippen LogP contribution is 2.23. The minimum Gasteiger partial charge on any atom is -0.475 e. The number of nitrogens with zero attached hydrogens (tertiary/aromatic N) is 1. The Morgan fingerprint density at radius 2 is 2.21 bits per heavy atom. The molecule has 1 saturated heterocycles. The largest absolute Gasteiger partial charge is 0.475 e. The molecule has 2 heterocycles. The third kappa shape index (κ3) is 1.77. The summed E-state index contributed by atoms with van der Waals surface area (Å²) in [5.41, 5.74) is 0.948. The minimum absolute atomic E-state index is 0.0403. The van der Waals surface area contributed by atoms with Crippen molar-refractivity contribution < 1.29 is 9.90 Å². The van der Waals surface area contributed by atoms with E-state index in [1.807, 2.05) is 0 Å². The number of carboxylic acids is 1. The average Bonchev–Trinajstić information content (AvgIpc) is 2.68. The Labute approximate surface area is 81.5 Å². The van der Waals surface area contributed by atoms with Gasteiger partial charge in [-0.15, -0.1) is 0 Å². The van der Waals surface area contributed by atoms with Gasteiger partial charge in [-0.05, 0) is 25.9 Å². The molecule has 1 aliphatic heterocycles. The first-order valence-corrected chi connectivity index (χ1v) is 4.76. The van der Waals surface area contributed by atoms with Gasteiger partial charge in [0, 0.05) is 17.8 Å². The highest BCUT2D eigenvalue weighted by molar-refractivity contribution is 5.83. The molecule has 0 spiro atoms. The molecule has 0 aliphatic carbocycles. The molecule has 0 unspecified atom stereocenters. The molecule has 76 valence electrons. The first-order valence-electron chi connectivity index (χ1n) is 4.76. The van der Waals surface area contributed by atoms with Crippen LogP contribution < -0.4 is 5.32 Å². The van der Waals surface area contributed by atoms with Crippen LogP contribution in [0.4, 0.5) is 0 Å². The van der Waals surface area contributed by atoms with Gasteiger partial charge in [0.2, 0.25) is 5.82 Å². The lowest BCUT2D eigenvalue weighted by Crippen LogP contribution is -2.26. The van der Waals surface area contributed by atoms with Crippen molar-refractivity contribution in [1.29, 1.82) is 0 Å². The van der Waals surface area contributed by atoms with Gasteiger partial charge in [0.15, 0.2) is 0 Å². The highest BCUT2D eigenvalue weighted by Gasteiger charge is 2.18. The first kappa shape index (κ1) is 9.21. The van der Waals surface area contributed by atoms with Gasteiger partial charge in [-0.25, -0.2) is 9.78 Å². The fourth-order valence-electron chi connectivity index (χ4n) is 1.78. The van der Waals surface area contributed by atoms with Crippen LogP contribution >= 0.6 is 0 Å². The summed E-state index contributed by atoms with van der Waals surface area (Å²) in [6, 6.07) is 0. The van der Waals surface area contributed by atoms with E-state index in [4.69, 9.17) is 5.11 Å². The van der Waals surface area contributed by atoms with E-state index in [-0.39, 0.29) is 5.82 Å². The maximum atomic E-state index is 10.6. The second kappa shape index (κ2) is 3.79. The molecular formula is C9H13N3O2. The quantitative estimate of drug-likeness (QED) is 0.645. The maximum Gasteiger partial charge on any atom is 0.371 e. The Balaban J connectivity index is 2.11. The van der Waals surface area contributed by atoms with Crippen molar-refractivity contribution in [1.82, 2.24) is 15.3 Å². The maximum absolute atomic E-state index is 10.6. The van der Waals surface area contributed by atoms with E-state index in [0.717, 1.165) is 31.6 Å². The van der Waals surface area contributed by atoms with Crippen molar-refractivity contribution in [2.24, 2.45) is 0 Å². The third-order valence-electron chi connectivity index (χ3n) is 2.58. The standard InChI is InChI=1S/C9H13N3O2/c13-9(14)8-11-5-7(12-8)6-1-3-10-4-2-6/h5-6,10H,1-4H2,(H,11,12)(H,13,14). The summed E-state index contributed by atoms with van der Waals surface area (Å²) < 4.78 is 0. The molecule has 5 heteroatoms. The van der Waals surface area contributed by atoms with Crippen LogP contribution in [0.2, 0.25) is 0 Å². The number of carboxylic acid groups (broad SMARTS) is 1. The summed E-state index contributed by atoms with van der Waals surface area (Å²) in [5.74, 6) is -0.527. The molecule has 1 fully saturated rings. The monoisotopic (exact) mass is 195 g/mol. The van der Waals surface area contributed by atoms with Gasteiger partial charge < -0.3 is 15.4 Å². The number of piperidine rings is 1. The lowest BCUT2D eigenvalue weighted by molar-refractivity contribution is 0.0684. The number of H-pyrrole nitrogens is 1. The fraction of sp³-hybridized carbons (Fsp3) is 0.556. The smallest absolute Gasteiger partial charge is 0.371 e. The van der Waals surface area contributed by atoms with E-state index in [0.29, 0.717) is 5.92 Å². The van der Waals surface area contributed by atoms with Crippen molar-refractivity contribution in [3.05, 3.63) is 17.7 Å². The average molecular weight is 195 g/mol. The first-order chi connectivity index (χ1) is 6.77. The van der Waals surface area contributed by atoms with Crippen molar-refractivity contribution in [3.8, 4) is 0 Å². The zero-order chi connectivity index (χ0) is 9.97. The number of hydrogen-bond donors (Lipinski definition) is 3. The number of aromatic carboxylic acids is 1. The molecule has 1 aromatic heterocycles. The number of nitrogens with one attached hydrogen (secondary N) is 2. The van der Waals surface area contributed by atoms with Crippen LogP contribution in [0.1, 0.15) is 35.1 Å². The number of hydrogen-bond acceptors (Lipinski definition) is 3. The molecule has 0 saturated carbocycles. The van der Waals surface area contributed by atoms with Crippen LogP contribution in [-0.2, 0) is 0 Å². The van der Waals surface area contributed by atoms with E-state index in [1.54, 1.807) is 6.20 Å². The van der Waals surface area contributed by atoms with E-state index >= 15 is 0 Å². The second-order valence-corrected chi connectivity index (χ2v) is 3.52. The second-order valence-electron chi connectivity index (χ2n) is 3.52. The van der Waals surface area contributed by atoms with Gasteiger partial charge in [-0.3, -0.25) is 0 Å². The number of imidazole rings is 1. The molecule has 1 aliphatic rings. The van der Waals surface area contributed by atoms with Crippen LogP contribution in [0.15, 0.2) is 6.20 Å². The van der Waals surface area contributed by atoms with E-state index in [1.165, 1.54) is 0 Å². The molecule has 3 N–H and O–H groups in total. The van der Waals surface area contributed by atoms with Gasteiger partial charge in [0.25, 0.3) is 0 Å². The molecule has 14 heavy (non-hydrogen) atoms. The van der Waals surface area contributed by atoms with E-state index in [2.05, 4.69) is 15.3 Å². The number of aromatic amines is 1. The van der Waals surface area contributed by atoms with Crippen molar-refractivity contribution in [2.45, 2.75) is 18.8 Å². The highest BCUT2D eigenvalue weighted by atomic mass is 16.4. The van der Waals surface area contributed by atoms with Gasteiger partial charge >= 0.3 is 5.97 Å². The molecule has 0 radical (unpaired) electrons. The zero-order valence-corrected chi connectivity index (χ0v) is 7.79. The molecule has 0 aromatic carbocycles. The van der Waals surface area contributed by atoms with Crippen LogP contribution in [0.3, 0.4) is 0 Å². The third-order valence-corrected chi connectivity index (χ3v) is 2.58.